The second-order valence-electron chi connectivity index (χ2n) is 10.4. The van der Waals surface area contributed by atoms with Gasteiger partial charge >= 0.3 is 0 Å². The first-order chi connectivity index (χ1) is 16.4. The Morgan fingerprint density at radius 1 is 1.12 bits per heavy atom. The normalized spacial score (nSPS) is 22.7. The van der Waals surface area contributed by atoms with Gasteiger partial charge in [-0.3, -0.25) is 9.69 Å². The van der Waals surface area contributed by atoms with Crippen LogP contribution >= 0.6 is 11.6 Å². The van der Waals surface area contributed by atoms with Gasteiger partial charge in [-0.1, -0.05) is 25.4 Å². The summed E-state index contributed by atoms with van der Waals surface area (Å²) in [6, 6.07) is 7.55. The number of amides is 1. The van der Waals surface area contributed by atoms with E-state index in [2.05, 4.69) is 29.0 Å². The fraction of sp³-hybridized carbons (Fsp3) is 0.630. The number of halogens is 1. The van der Waals surface area contributed by atoms with E-state index in [4.69, 9.17) is 21.0 Å². The Kier molecular flexibility index (Phi) is 8.67. The molecule has 2 aliphatic rings. The summed E-state index contributed by atoms with van der Waals surface area (Å²) in [5.74, 6) is 3.40. The van der Waals surface area contributed by atoms with Crippen molar-refractivity contribution in [2.45, 2.75) is 53.0 Å². The number of hydrogen-bond donors (Lipinski definition) is 1. The Hall–Kier alpha value is -1.89. The first-order valence-electron chi connectivity index (χ1n) is 12.8. The van der Waals surface area contributed by atoms with Gasteiger partial charge in [0.2, 0.25) is 11.8 Å². The third kappa shape index (κ3) is 6.83. The molecule has 0 spiro atoms. The molecule has 0 aliphatic carbocycles. The number of rotatable bonds is 8. The highest BCUT2D eigenvalue weighted by Gasteiger charge is 2.26. The number of oxazole rings is 1. The fourth-order valence-corrected chi connectivity index (χ4v) is 5.61. The Morgan fingerprint density at radius 3 is 2.47 bits per heavy atom. The highest BCUT2D eigenvalue weighted by molar-refractivity contribution is 6.30. The molecule has 0 radical (unpaired) electrons. The number of nitrogens with zero attached hydrogens (tertiary/aromatic N) is 3. The van der Waals surface area contributed by atoms with E-state index in [1.54, 1.807) is 0 Å². The van der Waals surface area contributed by atoms with Crippen LogP contribution in [0.1, 0.15) is 51.0 Å². The number of piperidine rings is 2. The molecule has 2 aliphatic heterocycles. The highest BCUT2D eigenvalue weighted by Crippen LogP contribution is 2.26. The molecule has 2 unspecified atom stereocenters. The molecule has 1 aromatic heterocycles. The van der Waals surface area contributed by atoms with Crippen molar-refractivity contribution in [2.24, 2.45) is 17.8 Å². The van der Waals surface area contributed by atoms with E-state index in [0.29, 0.717) is 10.9 Å². The molecule has 0 saturated carbocycles. The summed E-state index contributed by atoms with van der Waals surface area (Å²) in [6.07, 6.45) is 4.17. The largest absolute Gasteiger partial charge is 0.441 e. The second kappa shape index (κ2) is 11.7. The zero-order chi connectivity index (χ0) is 24.1. The van der Waals surface area contributed by atoms with Crippen LogP contribution in [0.25, 0.3) is 11.5 Å². The lowest BCUT2D eigenvalue weighted by Gasteiger charge is -2.35. The molecule has 34 heavy (non-hydrogen) atoms. The van der Waals surface area contributed by atoms with Gasteiger partial charge in [0, 0.05) is 42.7 Å². The van der Waals surface area contributed by atoms with Crippen LogP contribution in [0.4, 0.5) is 0 Å². The van der Waals surface area contributed by atoms with E-state index >= 15 is 0 Å². The topological polar surface area (TPSA) is 61.6 Å². The van der Waals surface area contributed by atoms with Crippen molar-refractivity contribution in [2.75, 3.05) is 39.3 Å². The zero-order valence-electron chi connectivity index (χ0n) is 20.9. The van der Waals surface area contributed by atoms with Gasteiger partial charge in [-0.05, 0) is 88.3 Å². The minimum atomic E-state index is 0.120. The van der Waals surface area contributed by atoms with Crippen LogP contribution in [0.5, 0.6) is 0 Å². The van der Waals surface area contributed by atoms with E-state index in [-0.39, 0.29) is 11.8 Å². The average molecular weight is 487 g/mol. The molecular formula is C27H39ClN4O2. The van der Waals surface area contributed by atoms with Gasteiger partial charge in [-0.25, -0.2) is 4.98 Å². The van der Waals surface area contributed by atoms with Crippen molar-refractivity contribution in [1.29, 1.82) is 0 Å². The summed E-state index contributed by atoms with van der Waals surface area (Å²) in [5, 5.41) is 3.89. The molecule has 186 valence electrons. The van der Waals surface area contributed by atoms with E-state index in [1.807, 2.05) is 31.2 Å². The summed E-state index contributed by atoms with van der Waals surface area (Å²) >= 11 is 5.99. The highest BCUT2D eigenvalue weighted by atomic mass is 35.5. The lowest BCUT2D eigenvalue weighted by Crippen LogP contribution is -2.42. The Morgan fingerprint density at radius 2 is 1.79 bits per heavy atom. The van der Waals surface area contributed by atoms with E-state index in [9.17, 15) is 4.79 Å². The Labute approximate surface area is 209 Å². The third-order valence-electron chi connectivity index (χ3n) is 7.21. The first kappa shape index (κ1) is 25.2. The minimum Gasteiger partial charge on any atom is -0.441 e. The van der Waals surface area contributed by atoms with E-state index in [0.717, 1.165) is 80.8 Å². The lowest BCUT2D eigenvalue weighted by atomic mass is 9.92. The number of benzene rings is 1. The number of likely N-dealkylation sites (tertiary alicyclic amines) is 2. The van der Waals surface area contributed by atoms with Crippen LogP contribution in [-0.4, -0.2) is 60.0 Å². The van der Waals surface area contributed by atoms with E-state index in [1.165, 1.54) is 19.5 Å². The molecule has 1 N–H and O–H groups in total. The molecule has 2 aromatic rings. The number of carbonyl (C=O) groups is 1. The molecule has 7 heteroatoms. The van der Waals surface area contributed by atoms with Gasteiger partial charge in [0.1, 0.15) is 5.76 Å². The van der Waals surface area contributed by atoms with Crippen molar-refractivity contribution in [3.05, 3.63) is 40.7 Å². The molecule has 3 heterocycles. The summed E-state index contributed by atoms with van der Waals surface area (Å²) < 4.78 is 5.90. The quantitative estimate of drug-likeness (QED) is 0.532. The molecule has 0 bridgehead atoms. The second-order valence-corrected chi connectivity index (χ2v) is 10.9. The SMILES string of the molecule is Cc1oc(-c2ccc(Cl)cc2)nc1CN1CCC(C(=O)NCCCN2CC(C)CC(C)C2)CC1. The van der Waals surface area contributed by atoms with Crippen LogP contribution in [0.2, 0.25) is 5.02 Å². The van der Waals surface area contributed by atoms with Crippen LogP contribution in [0.3, 0.4) is 0 Å². The van der Waals surface area contributed by atoms with Crippen LogP contribution in [0.15, 0.2) is 28.7 Å². The fourth-order valence-electron chi connectivity index (χ4n) is 5.49. The van der Waals surface area contributed by atoms with Crippen molar-refractivity contribution in [3.8, 4) is 11.5 Å². The Balaban J connectivity index is 1.17. The third-order valence-corrected chi connectivity index (χ3v) is 7.46. The lowest BCUT2D eigenvalue weighted by molar-refractivity contribution is -0.126. The number of aryl methyl sites for hydroxylation is 1. The predicted molar refractivity (Wildman–Crippen MR) is 137 cm³/mol. The van der Waals surface area contributed by atoms with Gasteiger partial charge in [0.15, 0.2) is 0 Å². The number of aromatic nitrogens is 1. The zero-order valence-corrected chi connectivity index (χ0v) is 21.6. The maximum Gasteiger partial charge on any atom is 0.226 e. The van der Waals surface area contributed by atoms with Gasteiger partial charge < -0.3 is 14.6 Å². The molecule has 2 fully saturated rings. The van der Waals surface area contributed by atoms with Crippen molar-refractivity contribution < 1.29 is 9.21 Å². The van der Waals surface area contributed by atoms with Crippen LogP contribution in [0, 0.1) is 24.7 Å². The van der Waals surface area contributed by atoms with E-state index < -0.39 is 0 Å². The molecule has 4 rings (SSSR count). The maximum absolute atomic E-state index is 12.7. The molecule has 1 amide bonds. The van der Waals surface area contributed by atoms with Gasteiger partial charge in [0.25, 0.3) is 0 Å². The minimum absolute atomic E-state index is 0.120. The van der Waals surface area contributed by atoms with Gasteiger partial charge in [-0.15, -0.1) is 0 Å². The first-order valence-corrected chi connectivity index (χ1v) is 13.2. The summed E-state index contributed by atoms with van der Waals surface area (Å²) in [7, 11) is 0. The van der Waals surface area contributed by atoms with Crippen LogP contribution < -0.4 is 5.32 Å². The standard InChI is InChI=1S/C27H39ClN4O2/c1-19-15-20(2)17-32(16-19)12-4-11-29-26(33)22-9-13-31(14-10-22)18-25-21(3)34-27(30-25)23-5-7-24(28)8-6-23/h5-8,19-20,22H,4,9-18H2,1-3H3,(H,29,33). The van der Waals surface area contributed by atoms with Crippen LogP contribution in [-0.2, 0) is 11.3 Å². The summed E-state index contributed by atoms with van der Waals surface area (Å²) in [5.41, 5.74) is 1.90. The van der Waals surface area contributed by atoms with Gasteiger partial charge in [0.05, 0.1) is 5.69 Å². The smallest absolute Gasteiger partial charge is 0.226 e. The predicted octanol–water partition coefficient (Wildman–Crippen LogP) is 5.00. The number of nitrogens with one attached hydrogen (secondary N) is 1. The van der Waals surface area contributed by atoms with Crippen molar-refractivity contribution in [3.63, 3.8) is 0 Å². The molecular weight excluding hydrogens is 448 g/mol. The summed E-state index contributed by atoms with van der Waals surface area (Å²) in [4.78, 5) is 22.3. The maximum atomic E-state index is 12.7. The Bertz CT molecular complexity index is 927. The van der Waals surface area contributed by atoms with Crippen molar-refractivity contribution >= 4 is 17.5 Å². The number of carbonyl (C=O) groups excluding carboxylic acids is 1. The summed E-state index contributed by atoms with van der Waals surface area (Å²) in [6.45, 7) is 13.5. The average Bonchev–Trinajstić information content (AvgIpc) is 3.17. The monoisotopic (exact) mass is 486 g/mol. The molecule has 1 aromatic carbocycles. The van der Waals surface area contributed by atoms with Crippen molar-refractivity contribution in [1.82, 2.24) is 20.1 Å². The van der Waals surface area contributed by atoms with Gasteiger partial charge in [-0.2, -0.15) is 0 Å². The number of hydrogen-bond acceptors (Lipinski definition) is 5. The molecule has 2 atom stereocenters. The molecule has 2 saturated heterocycles. The molecule has 6 nitrogen and oxygen atoms in total.